The Labute approximate surface area is 131 Å². The van der Waals surface area contributed by atoms with Crippen molar-refractivity contribution in [2.24, 2.45) is 5.10 Å². The first kappa shape index (κ1) is 16.1. The number of hydrogen-bond acceptors (Lipinski definition) is 6. The van der Waals surface area contributed by atoms with Crippen LogP contribution < -0.4 is 15.5 Å². The molecule has 0 atom stereocenters. The summed E-state index contributed by atoms with van der Waals surface area (Å²) in [5.74, 6) is -0.373. The average Bonchev–Trinajstić information content (AvgIpc) is 3.09. The monoisotopic (exact) mass is 317 g/mol. The predicted octanol–water partition coefficient (Wildman–Crippen LogP) is 0.874. The van der Waals surface area contributed by atoms with Gasteiger partial charge in [-0.1, -0.05) is 0 Å². The molecule has 0 saturated carbocycles. The van der Waals surface area contributed by atoms with Gasteiger partial charge >= 0.3 is 0 Å². The van der Waals surface area contributed by atoms with Gasteiger partial charge in [-0.2, -0.15) is 5.10 Å². The maximum atomic E-state index is 11.6. The summed E-state index contributed by atoms with van der Waals surface area (Å²) in [6.07, 6.45) is 2.63. The minimum Gasteiger partial charge on any atom is -0.507 e. The van der Waals surface area contributed by atoms with Gasteiger partial charge in [0.25, 0.3) is 11.8 Å². The molecule has 8 nitrogen and oxygen atoms in total. The van der Waals surface area contributed by atoms with Crippen LogP contribution >= 0.6 is 0 Å². The van der Waals surface area contributed by atoms with E-state index < -0.39 is 11.8 Å². The highest BCUT2D eigenvalue weighted by molar-refractivity contribution is 5.94. The van der Waals surface area contributed by atoms with Crippen molar-refractivity contribution in [1.82, 2.24) is 10.7 Å². The Kier molecular flexibility index (Phi) is 5.35. The fraction of sp³-hybridized carbons (Fsp3) is 0.133. The number of aromatic hydroxyl groups is 1. The molecule has 0 bridgehead atoms. The molecule has 2 rings (SSSR count). The molecule has 1 heterocycles. The number of amides is 2. The van der Waals surface area contributed by atoms with Gasteiger partial charge < -0.3 is 19.6 Å². The molecule has 0 aliphatic carbocycles. The predicted molar refractivity (Wildman–Crippen MR) is 81.4 cm³/mol. The first-order valence-electron chi connectivity index (χ1n) is 6.61. The quantitative estimate of drug-likeness (QED) is 0.540. The first-order valence-corrected chi connectivity index (χ1v) is 6.61. The zero-order valence-electron chi connectivity index (χ0n) is 12.3. The van der Waals surface area contributed by atoms with Crippen LogP contribution in [0.4, 0.5) is 0 Å². The van der Waals surface area contributed by atoms with Crippen LogP contribution in [0.2, 0.25) is 0 Å². The second-order valence-electron chi connectivity index (χ2n) is 4.38. The number of benzene rings is 1. The molecule has 0 aliphatic rings. The lowest BCUT2D eigenvalue weighted by atomic mass is 10.2. The van der Waals surface area contributed by atoms with E-state index in [1.54, 1.807) is 18.2 Å². The SMILES string of the molecule is COc1ccc(O)c(/C=N/NC(=O)CNC(=O)c2ccco2)c1. The van der Waals surface area contributed by atoms with Gasteiger partial charge in [0.15, 0.2) is 5.76 Å². The van der Waals surface area contributed by atoms with Crippen molar-refractivity contribution >= 4 is 18.0 Å². The average molecular weight is 317 g/mol. The molecule has 0 unspecified atom stereocenters. The molecule has 3 N–H and O–H groups in total. The van der Waals surface area contributed by atoms with Crippen LogP contribution in [0.3, 0.4) is 0 Å². The van der Waals surface area contributed by atoms with Crippen LogP contribution in [-0.4, -0.2) is 36.8 Å². The normalized spacial score (nSPS) is 10.5. The molecule has 2 aromatic rings. The molecular weight excluding hydrogens is 302 g/mol. The fourth-order valence-corrected chi connectivity index (χ4v) is 1.63. The van der Waals surface area contributed by atoms with E-state index in [1.165, 1.54) is 31.7 Å². The van der Waals surface area contributed by atoms with Crippen molar-refractivity contribution < 1.29 is 23.8 Å². The van der Waals surface area contributed by atoms with E-state index in [0.717, 1.165) is 0 Å². The maximum Gasteiger partial charge on any atom is 0.287 e. The van der Waals surface area contributed by atoms with E-state index in [9.17, 15) is 14.7 Å². The summed E-state index contributed by atoms with van der Waals surface area (Å²) in [6.45, 7) is -0.263. The molecule has 120 valence electrons. The van der Waals surface area contributed by atoms with Crippen LogP contribution in [0, 0.1) is 0 Å². The molecule has 8 heteroatoms. The smallest absolute Gasteiger partial charge is 0.287 e. The van der Waals surface area contributed by atoms with Gasteiger partial charge in [-0.3, -0.25) is 9.59 Å². The molecule has 0 radical (unpaired) electrons. The van der Waals surface area contributed by atoms with Gasteiger partial charge in [0.1, 0.15) is 11.5 Å². The molecule has 2 amide bonds. The number of phenols is 1. The van der Waals surface area contributed by atoms with Gasteiger partial charge in [0.2, 0.25) is 0 Å². The van der Waals surface area contributed by atoms with E-state index in [-0.39, 0.29) is 18.1 Å². The van der Waals surface area contributed by atoms with Gasteiger partial charge in [0, 0.05) is 5.56 Å². The highest BCUT2D eigenvalue weighted by atomic mass is 16.5. The Morgan fingerprint density at radius 3 is 2.91 bits per heavy atom. The van der Waals surface area contributed by atoms with Crippen molar-refractivity contribution in [3.8, 4) is 11.5 Å². The third-order valence-electron chi connectivity index (χ3n) is 2.78. The largest absolute Gasteiger partial charge is 0.507 e. The van der Waals surface area contributed by atoms with E-state index in [1.807, 2.05) is 0 Å². The summed E-state index contributed by atoms with van der Waals surface area (Å²) in [5, 5.41) is 15.7. The molecular formula is C15H15N3O5. The minimum atomic E-state index is -0.524. The van der Waals surface area contributed by atoms with Gasteiger partial charge in [-0.25, -0.2) is 5.43 Å². The molecule has 0 saturated heterocycles. The van der Waals surface area contributed by atoms with Crippen LogP contribution in [0.25, 0.3) is 0 Å². The second kappa shape index (κ2) is 7.64. The standard InChI is InChI=1S/C15H15N3O5/c1-22-11-4-5-12(19)10(7-11)8-17-18-14(20)9-16-15(21)13-3-2-6-23-13/h2-8,19H,9H2,1H3,(H,16,21)(H,18,20)/b17-8+. The van der Waals surface area contributed by atoms with Crippen LogP contribution in [-0.2, 0) is 4.79 Å². The number of nitrogens with zero attached hydrogens (tertiary/aromatic N) is 1. The molecule has 0 fully saturated rings. The highest BCUT2D eigenvalue weighted by Gasteiger charge is 2.09. The molecule has 0 spiro atoms. The Morgan fingerprint density at radius 1 is 1.39 bits per heavy atom. The summed E-state index contributed by atoms with van der Waals surface area (Å²) in [7, 11) is 1.50. The van der Waals surface area contributed by atoms with Crippen molar-refractivity contribution in [1.29, 1.82) is 0 Å². The third-order valence-corrected chi connectivity index (χ3v) is 2.78. The Hall–Kier alpha value is -3.29. The van der Waals surface area contributed by atoms with Crippen LogP contribution in [0.5, 0.6) is 11.5 Å². The molecule has 23 heavy (non-hydrogen) atoms. The van der Waals surface area contributed by atoms with Crippen molar-refractivity contribution in [2.75, 3.05) is 13.7 Å². The zero-order chi connectivity index (χ0) is 16.7. The lowest BCUT2D eigenvalue weighted by molar-refractivity contribution is -0.120. The Morgan fingerprint density at radius 2 is 2.22 bits per heavy atom. The number of furan rings is 1. The molecule has 1 aromatic carbocycles. The molecule has 1 aromatic heterocycles. The van der Waals surface area contributed by atoms with Gasteiger partial charge in [-0.15, -0.1) is 0 Å². The number of methoxy groups -OCH3 is 1. The topological polar surface area (TPSA) is 113 Å². The van der Waals surface area contributed by atoms with Gasteiger partial charge in [0.05, 0.1) is 26.1 Å². The highest BCUT2D eigenvalue weighted by Crippen LogP contribution is 2.20. The fourth-order valence-electron chi connectivity index (χ4n) is 1.63. The van der Waals surface area contributed by atoms with Crippen LogP contribution in [0.1, 0.15) is 16.1 Å². The third kappa shape index (κ3) is 4.60. The van der Waals surface area contributed by atoms with E-state index in [0.29, 0.717) is 11.3 Å². The second-order valence-corrected chi connectivity index (χ2v) is 4.38. The zero-order valence-corrected chi connectivity index (χ0v) is 12.3. The van der Waals surface area contributed by atoms with Crippen molar-refractivity contribution in [2.45, 2.75) is 0 Å². The number of rotatable bonds is 6. The summed E-state index contributed by atoms with van der Waals surface area (Å²) >= 11 is 0. The number of carbonyl (C=O) groups is 2. The Balaban J connectivity index is 1.83. The lowest BCUT2D eigenvalue weighted by Crippen LogP contribution is -2.34. The van der Waals surface area contributed by atoms with E-state index >= 15 is 0 Å². The molecule has 0 aliphatic heterocycles. The number of carbonyl (C=O) groups excluding carboxylic acids is 2. The Bertz CT molecular complexity index is 710. The number of ether oxygens (including phenoxy) is 1. The summed E-state index contributed by atoms with van der Waals surface area (Å²) in [5.41, 5.74) is 2.61. The van der Waals surface area contributed by atoms with Gasteiger partial charge in [-0.05, 0) is 30.3 Å². The van der Waals surface area contributed by atoms with E-state index in [2.05, 4.69) is 15.8 Å². The maximum absolute atomic E-state index is 11.6. The van der Waals surface area contributed by atoms with Crippen molar-refractivity contribution in [3.05, 3.63) is 47.9 Å². The number of hydrazone groups is 1. The number of nitrogens with one attached hydrogen (secondary N) is 2. The van der Waals surface area contributed by atoms with Crippen molar-refractivity contribution in [3.63, 3.8) is 0 Å². The summed E-state index contributed by atoms with van der Waals surface area (Å²) in [4.78, 5) is 23.1. The van der Waals surface area contributed by atoms with E-state index in [4.69, 9.17) is 9.15 Å². The number of hydrogen-bond donors (Lipinski definition) is 3. The summed E-state index contributed by atoms with van der Waals surface area (Å²) < 4.78 is 9.91. The minimum absolute atomic E-state index is 0.00470. The van der Waals surface area contributed by atoms with Crippen LogP contribution in [0.15, 0.2) is 46.1 Å². The summed E-state index contributed by atoms with van der Waals surface area (Å²) in [6, 6.07) is 7.65. The lowest BCUT2D eigenvalue weighted by Gasteiger charge is -2.04. The first-order chi connectivity index (χ1) is 11.1. The number of phenolic OH excluding ortho intramolecular Hbond substituents is 1.